The standard InChI is InChI=1S/C21H25N5O6S/c1-15(27)24-8-10-25(11-9-24)19-7-6-17(13-20(19)26(29)30)21(28)23-14-16-4-3-5-18(12-16)33(31,32)22-2/h3-7,12-13,22H,8-11,14H2,1-2H3,(H,23,28). The summed E-state index contributed by atoms with van der Waals surface area (Å²) in [5, 5.41) is 14.3. The summed E-state index contributed by atoms with van der Waals surface area (Å²) in [5.41, 5.74) is 0.881. The molecule has 2 N–H and O–H groups in total. The van der Waals surface area contributed by atoms with Crippen molar-refractivity contribution in [3.8, 4) is 0 Å². The molecule has 1 heterocycles. The maximum atomic E-state index is 12.6. The van der Waals surface area contributed by atoms with E-state index in [0.717, 1.165) is 0 Å². The third-order valence-electron chi connectivity index (χ3n) is 5.43. The molecule has 1 aliphatic heterocycles. The quantitative estimate of drug-likeness (QED) is 0.451. The van der Waals surface area contributed by atoms with Crippen LogP contribution in [0.25, 0.3) is 0 Å². The average molecular weight is 476 g/mol. The summed E-state index contributed by atoms with van der Waals surface area (Å²) >= 11 is 0. The van der Waals surface area contributed by atoms with Crippen LogP contribution >= 0.6 is 0 Å². The van der Waals surface area contributed by atoms with E-state index >= 15 is 0 Å². The number of nitrogens with zero attached hydrogens (tertiary/aromatic N) is 3. The lowest BCUT2D eigenvalue weighted by molar-refractivity contribution is -0.384. The number of amides is 2. The molecule has 1 saturated heterocycles. The summed E-state index contributed by atoms with van der Waals surface area (Å²) < 4.78 is 26.1. The number of benzene rings is 2. The predicted molar refractivity (Wildman–Crippen MR) is 121 cm³/mol. The number of hydrogen-bond donors (Lipinski definition) is 2. The molecule has 0 atom stereocenters. The number of nitro groups is 1. The van der Waals surface area contributed by atoms with Crippen LogP contribution in [0.5, 0.6) is 0 Å². The minimum Gasteiger partial charge on any atom is -0.362 e. The fourth-order valence-corrected chi connectivity index (χ4v) is 4.37. The van der Waals surface area contributed by atoms with Gasteiger partial charge in [0.2, 0.25) is 15.9 Å². The van der Waals surface area contributed by atoms with E-state index in [1.807, 2.05) is 4.90 Å². The second-order valence-electron chi connectivity index (χ2n) is 7.49. The molecule has 12 heteroatoms. The molecule has 0 spiro atoms. The Morgan fingerprint density at radius 1 is 1.09 bits per heavy atom. The van der Waals surface area contributed by atoms with Crippen LogP contribution in [0, 0.1) is 10.1 Å². The molecule has 2 aromatic rings. The number of nitro benzene ring substituents is 1. The molecule has 0 bridgehead atoms. The topological polar surface area (TPSA) is 142 Å². The number of carbonyl (C=O) groups is 2. The molecular weight excluding hydrogens is 450 g/mol. The summed E-state index contributed by atoms with van der Waals surface area (Å²) in [7, 11) is -2.31. The monoisotopic (exact) mass is 475 g/mol. The van der Waals surface area contributed by atoms with Gasteiger partial charge in [0.05, 0.1) is 9.82 Å². The van der Waals surface area contributed by atoms with Crippen molar-refractivity contribution in [1.29, 1.82) is 0 Å². The lowest BCUT2D eigenvalue weighted by atomic mass is 10.1. The van der Waals surface area contributed by atoms with Crippen molar-refractivity contribution in [3.63, 3.8) is 0 Å². The molecule has 1 fully saturated rings. The fourth-order valence-electron chi connectivity index (χ4n) is 3.57. The van der Waals surface area contributed by atoms with Crippen LogP contribution in [0.4, 0.5) is 11.4 Å². The number of carbonyl (C=O) groups excluding carboxylic acids is 2. The number of sulfonamides is 1. The minimum atomic E-state index is -3.61. The van der Waals surface area contributed by atoms with Gasteiger partial charge in [0.25, 0.3) is 11.6 Å². The molecule has 0 radical (unpaired) electrons. The zero-order chi connectivity index (χ0) is 24.2. The van der Waals surface area contributed by atoms with Crippen molar-refractivity contribution >= 4 is 33.2 Å². The summed E-state index contributed by atoms with van der Waals surface area (Å²) in [6.45, 7) is 3.39. The van der Waals surface area contributed by atoms with Gasteiger partial charge in [-0.15, -0.1) is 0 Å². The molecule has 0 saturated carbocycles. The number of piperazine rings is 1. The second kappa shape index (κ2) is 9.96. The fraction of sp³-hybridized carbons (Fsp3) is 0.333. The average Bonchev–Trinajstić information content (AvgIpc) is 2.82. The maximum Gasteiger partial charge on any atom is 0.293 e. The highest BCUT2D eigenvalue weighted by molar-refractivity contribution is 7.89. The largest absolute Gasteiger partial charge is 0.362 e. The van der Waals surface area contributed by atoms with E-state index in [-0.39, 0.29) is 28.6 Å². The zero-order valence-electron chi connectivity index (χ0n) is 18.3. The van der Waals surface area contributed by atoms with Gasteiger partial charge in [-0.2, -0.15) is 0 Å². The van der Waals surface area contributed by atoms with Gasteiger partial charge in [-0.3, -0.25) is 19.7 Å². The van der Waals surface area contributed by atoms with E-state index < -0.39 is 20.9 Å². The van der Waals surface area contributed by atoms with Crippen LogP contribution in [0.2, 0.25) is 0 Å². The van der Waals surface area contributed by atoms with E-state index in [2.05, 4.69) is 10.0 Å². The van der Waals surface area contributed by atoms with Crippen molar-refractivity contribution in [3.05, 3.63) is 63.7 Å². The Bertz CT molecular complexity index is 1180. The van der Waals surface area contributed by atoms with Crippen molar-refractivity contribution in [1.82, 2.24) is 14.9 Å². The van der Waals surface area contributed by atoms with Gasteiger partial charge in [-0.25, -0.2) is 13.1 Å². The maximum absolute atomic E-state index is 12.6. The lowest BCUT2D eigenvalue weighted by Crippen LogP contribution is -2.48. The zero-order valence-corrected chi connectivity index (χ0v) is 19.1. The van der Waals surface area contributed by atoms with Gasteiger partial charge in [0.15, 0.2) is 0 Å². The van der Waals surface area contributed by atoms with Gasteiger partial charge in [0, 0.05) is 51.3 Å². The molecule has 0 unspecified atom stereocenters. The van der Waals surface area contributed by atoms with Crippen LogP contribution in [-0.4, -0.2) is 63.3 Å². The number of rotatable bonds is 7. The molecule has 0 aromatic heterocycles. The van der Waals surface area contributed by atoms with E-state index in [1.54, 1.807) is 17.0 Å². The molecule has 2 amide bonds. The van der Waals surface area contributed by atoms with E-state index in [1.165, 1.54) is 44.3 Å². The first kappa shape index (κ1) is 24.1. The van der Waals surface area contributed by atoms with Crippen molar-refractivity contribution < 1.29 is 22.9 Å². The number of anilines is 1. The van der Waals surface area contributed by atoms with Crippen LogP contribution in [0.15, 0.2) is 47.4 Å². The van der Waals surface area contributed by atoms with Crippen LogP contribution in [-0.2, 0) is 21.4 Å². The summed E-state index contributed by atoms with van der Waals surface area (Å²) in [5.74, 6) is -0.557. The Hall–Kier alpha value is -3.51. The van der Waals surface area contributed by atoms with Gasteiger partial charge < -0.3 is 15.1 Å². The van der Waals surface area contributed by atoms with Gasteiger partial charge >= 0.3 is 0 Å². The molecule has 1 aliphatic rings. The highest BCUT2D eigenvalue weighted by Gasteiger charge is 2.26. The van der Waals surface area contributed by atoms with Crippen LogP contribution in [0.3, 0.4) is 0 Å². The second-order valence-corrected chi connectivity index (χ2v) is 9.38. The molecule has 33 heavy (non-hydrogen) atoms. The molecule has 0 aliphatic carbocycles. The molecule has 176 valence electrons. The molecule has 11 nitrogen and oxygen atoms in total. The summed E-state index contributed by atoms with van der Waals surface area (Å²) in [6.07, 6.45) is 0. The van der Waals surface area contributed by atoms with Gasteiger partial charge in [-0.05, 0) is 36.9 Å². The Morgan fingerprint density at radius 2 is 1.79 bits per heavy atom. The number of nitrogens with one attached hydrogen (secondary N) is 2. The van der Waals surface area contributed by atoms with E-state index in [9.17, 15) is 28.1 Å². The van der Waals surface area contributed by atoms with Crippen LogP contribution in [0.1, 0.15) is 22.8 Å². The Labute approximate surface area is 191 Å². The minimum absolute atomic E-state index is 0.0368. The number of hydrogen-bond acceptors (Lipinski definition) is 7. The Balaban J connectivity index is 1.73. The van der Waals surface area contributed by atoms with Crippen molar-refractivity contribution in [2.75, 3.05) is 38.1 Å². The summed E-state index contributed by atoms with van der Waals surface area (Å²) in [6, 6.07) is 10.4. The van der Waals surface area contributed by atoms with Gasteiger partial charge in [-0.1, -0.05) is 12.1 Å². The van der Waals surface area contributed by atoms with E-state index in [0.29, 0.717) is 37.4 Å². The first-order chi connectivity index (χ1) is 15.6. The summed E-state index contributed by atoms with van der Waals surface area (Å²) in [4.78, 5) is 38.8. The Morgan fingerprint density at radius 3 is 2.39 bits per heavy atom. The SMILES string of the molecule is CNS(=O)(=O)c1cccc(CNC(=O)c2ccc(N3CCN(C(C)=O)CC3)c([N+](=O)[O-])c2)c1. The normalized spacial score (nSPS) is 14.1. The predicted octanol–water partition coefficient (Wildman–Crippen LogP) is 1.10. The molecule has 2 aromatic carbocycles. The highest BCUT2D eigenvalue weighted by atomic mass is 32.2. The Kier molecular flexibility index (Phi) is 7.29. The first-order valence-electron chi connectivity index (χ1n) is 10.2. The van der Waals surface area contributed by atoms with Crippen LogP contribution < -0.4 is 14.9 Å². The first-order valence-corrected chi connectivity index (χ1v) is 11.7. The smallest absolute Gasteiger partial charge is 0.293 e. The van der Waals surface area contributed by atoms with Crippen molar-refractivity contribution in [2.24, 2.45) is 0 Å². The molecule has 3 rings (SSSR count). The third-order valence-corrected chi connectivity index (χ3v) is 6.84. The lowest BCUT2D eigenvalue weighted by Gasteiger charge is -2.35. The van der Waals surface area contributed by atoms with Gasteiger partial charge in [0.1, 0.15) is 5.69 Å². The third kappa shape index (κ3) is 5.65. The molecular formula is C21H25N5O6S. The van der Waals surface area contributed by atoms with E-state index in [4.69, 9.17) is 0 Å². The van der Waals surface area contributed by atoms with Crippen molar-refractivity contribution in [2.45, 2.75) is 18.4 Å². The highest BCUT2D eigenvalue weighted by Crippen LogP contribution is 2.30.